The lowest BCUT2D eigenvalue weighted by Crippen LogP contribution is -3.15. The lowest BCUT2D eigenvalue weighted by molar-refractivity contribution is -0.892. The number of rotatable bonds is 6. The Labute approximate surface area is 162 Å². The molecule has 144 valence electrons. The molecule has 1 saturated heterocycles. The van der Waals surface area contributed by atoms with Crippen molar-refractivity contribution < 1.29 is 18.5 Å². The Bertz CT molecular complexity index is 779. The van der Waals surface area contributed by atoms with Crippen molar-refractivity contribution in [2.75, 3.05) is 42.9 Å². The maximum atomic E-state index is 12.7. The summed E-state index contributed by atoms with van der Waals surface area (Å²) < 4.78 is 25.3. The van der Waals surface area contributed by atoms with Gasteiger partial charge in [0.05, 0.1) is 31.9 Å². The minimum atomic E-state index is -2.51. The number of benzene rings is 2. The quantitative estimate of drug-likeness (QED) is 0.742. The Hall–Kier alpha value is -2.12. The van der Waals surface area contributed by atoms with E-state index >= 15 is 0 Å². The van der Waals surface area contributed by atoms with Crippen molar-refractivity contribution in [1.29, 1.82) is 0 Å². The zero-order valence-corrected chi connectivity index (χ0v) is 16.1. The number of alkyl halides is 2. The molecule has 1 amide bonds. The number of para-hydroxylation sites is 2. The van der Waals surface area contributed by atoms with E-state index in [1.54, 1.807) is 24.3 Å². The van der Waals surface area contributed by atoms with Gasteiger partial charge in [0.25, 0.3) is 11.7 Å². The molecule has 1 aliphatic heterocycles. The number of thioether (sulfide) groups is 1. The van der Waals surface area contributed by atoms with Gasteiger partial charge in [0.15, 0.2) is 6.54 Å². The Morgan fingerprint density at radius 1 is 1.15 bits per heavy atom. The van der Waals surface area contributed by atoms with Crippen LogP contribution < -0.4 is 15.1 Å². The van der Waals surface area contributed by atoms with Crippen LogP contribution in [-0.2, 0) is 4.79 Å². The second-order valence-corrected chi connectivity index (χ2v) is 7.66. The minimum Gasteiger partial charge on any atom is -0.360 e. The fourth-order valence-electron chi connectivity index (χ4n) is 3.35. The number of nitrogens with one attached hydrogen (secondary N) is 2. The third-order valence-electron chi connectivity index (χ3n) is 4.71. The predicted octanol–water partition coefficient (Wildman–Crippen LogP) is 2.65. The average Bonchev–Trinajstić information content (AvgIpc) is 2.64. The second kappa shape index (κ2) is 9.19. The molecule has 4 nitrogen and oxygen atoms in total. The number of anilines is 2. The zero-order valence-electron chi connectivity index (χ0n) is 15.3. The maximum absolute atomic E-state index is 12.7. The Morgan fingerprint density at radius 3 is 2.52 bits per heavy atom. The van der Waals surface area contributed by atoms with Gasteiger partial charge in [0, 0.05) is 10.6 Å². The second-order valence-electron chi connectivity index (χ2n) is 6.62. The third-order valence-corrected chi connectivity index (χ3v) is 5.50. The normalized spacial score (nSPS) is 15.2. The molecule has 0 atom stereocenters. The highest BCUT2D eigenvalue weighted by molar-refractivity contribution is 7.99. The molecule has 0 saturated carbocycles. The fraction of sp³-hybridized carbons (Fsp3) is 0.350. The van der Waals surface area contributed by atoms with Gasteiger partial charge in [-0.25, -0.2) is 0 Å². The first-order valence-corrected chi connectivity index (χ1v) is 9.89. The van der Waals surface area contributed by atoms with Crippen LogP contribution >= 0.6 is 11.8 Å². The molecule has 27 heavy (non-hydrogen) atoms. The third kappa shape index (κ3) is 5.43. The largest absolute Gasteiger partial charge is 0.360 e. The van der Waals surface area contributed by atoms with E-state index in [2.05, 4.69) is 29.3 Å². The Balaban J connectivity index is 1.52. The maximum Gasteiger partial charge on any atom is 0.288 e. The van der Waals surface area contributed by atoms with Gasteiger partial charge in [-0.05, 0) is 30.7 Å². The number of halogens is 2. The summed E-state index contributed by atoms with van der Waals surface area (Å²) in [4.78, 5) is 16.3. The average molecular weight is 392 g/mol. The summed E-state index contributed by atoms with van der Waals surface area (Å²) in [5.41, 5.74) is 2.96. The van der Waals surface area contributed by atoms with Crippen LogP contribution in [0.4, 0.5) is 20.2 Å². The summed E-state index contributed by atoms with van der Waals surface area (Å²) >= 11 is 0.451. The molecule has 2 aromatic carbocycles. The van der Waals surface area contributed by atoms with E-state index in [-0.39, 0.29) is 5.91 Å². The summed E-state index contributed by atoms with van der Waals surface area (Å²) in [6.45, 7) is 5.98. The molecule has 0 aliphatic carbocycles. The summed E-state index contributed by atoms with van der Waals surface area (Å²) in [6, 6.07) is 15.0. The lowest BCUT2D eigenvalue weighted by Gasteiger charge is -2.34. The standard InChI is InChI=1S/C20H23F2N3OS/c1-15-6-2-4-8-17(15)25-12-10-24(11-13-25)14-19(26)23-16-7-3-5-9-18(16)27-20(21)22/h2-9,20H,10-14H2,1H3,(H,23,26)/p+1. The smallest absolute Gasteiger partial charge is 0.288 e. The lowest BCUT2D eigenvalue weighted by atomic mass is 10.1. The minimum absolute atomic E-state index is 0.142. The number of amides is 1. The van der Waals surface area contributed by atoms with E-state index in [4.69, 9.17) is 0 Å². The summed E-state index contributed by atoms with van der Waals surface area (Å²) in [7, 11) is 0. The highest BCUT2D eigenvalue weighted by atomic mass is 32.2. The molecular weight excluding hydrogens is 368 g/mol. The van der Waals surface area contributed by atoms with E-state index < -0.39 is 5.76 Å². The highest BCUT2D eigenvalue weighted by Gasteiger charge is 2.23. The van der Waals surface area contributed by atoms with Crippen LogP contribution in [0.25, 0.3) is 0 Å². The number of carbonyl (C=O) groups excluding carboxylic acids is 1. The van der Waals surface area contributed by atoms with E-state index in [1.807, 2.05) is 12.1 Å². The van der Waals surface area contributed by atoms with Crippen molar-refractivity contribution in [2.45, 2.75) is 17.6 Å². The van der Waals surface area contributed by atoms with Gasteiger partial charge < -0.3 is 15.1 Å². The van der Waals surface area contributed by atoms with Crippen LogP contribution in [0.1, 0.15) is 5.56 Å². The van der Waals surface area contributed by atoms with Crippen molar-refractivity contribution in [3.05, 3.63) is 54.1 Å². The topological polar surface area (TPSA) is 36.8 Å². The van der Waals surface area contributed by atoms with E-state index in [1.165, 1.54) is 16.2 Å². The molecular formula is C20H24F2N3OS+. The number of nitrogens with zero attached hydrogens (tertiary/aromatic N) is 1. The van der Waals surface area contributed by atoms with Gasteiger partial charge in [-0.3, -0.25) is 4.79 Å². The molecule has 7 heteroatoms. The molecule has 0 radical (unpaired) electrons. The first-order chi connectivity index (χ1) is 13.0. The molecule has 0 spiro atoms. The van der Waals surface area contributed by atoms with Crippen LogP contribution in [0.15, 0.2) is 53.4 Å². The van der Waals surface area contributed by atoms with Crippen molar-refractivity contribution in [3.8, 4) is 0 Å². The van der Waals surface area contributed by atoms with E-state index in [0.29, 0.717) is 28.9 Å². The Morgan fingerprint density at radius 2 is 1.81 bits per heavy atom. The Kier molecular flexibility index (Phi) is 6.68. The summed E-state index contributed by atoms with van der Waals surface area (Å²) in [6.07, 6.45) is 0. The van der Waals surface area contributed by atoms with Crippen molar-refractivity contribution >= 4 is 29.0 Å². The van der Waals surface area contributed by atoms with Crippen LogP contribution in [0.3, 0.4) is 0 Å². The van der Waals surface area contributed by atoms with Crippen molar-refractivity contribution in [1.82, 2.24) is 0 Å². The van der Waals surface area contributed by atoms with Crippen molar-refractivity contribution in [3.63, 3.8) is 0 Å². The number of hydrogen-bond donors (Lipinski definition) is 2. The molecule has 1 aliphatic rings. The van der Waals surface area contributed by atoms with Crippen molar-refractivity contribution in [2.24, 2.45) is 0 Å². The van der Waals surface area contributed by atoms with Gasteiger partial charge in [0.1, 0.15) is 0 Å². The van der Waals surface area contributed by atoms with Gasteiger partial charge in [-0.2, -0.15) is 8.78 Å². The molecule has 0 aromatic heterocycles. The molecule has 2 aromatic rings. The molecule has 0 unspecified atom stereocenters. The number of quaternary nitrogens is 1. The monoisotopic (exact) mass is 392 g/mol. The fourth-order valence-corrected chi connectivity index (χ4v) is 3.94. The highest BCUT2D eigenvalue weighted by Crippen LogP contribution is 2.31. The number of hydrogen-bond acceptors (Lipinski definition) is 3. The SMILES string of the molecule is Cc1ccccc1N1CC[NH+](CC(=O)Nc2ccccc2SC(F)F)CC1. The molecule has 0 bridgehead atoms. The van der Waals surface area contributed by atoms with Crippen LogP contribution in [-0.4, -0.2) is 44.4 Å². The number of carbonyl (C=O) groups is 1. The van der Waals surface area contributed by atoms with E-state index in [9.17, 15) is 13.6 Å². The van der Waals surface area contributed by atoms with Gasteiger partial charge >= 0.3 is 0 Å². The van der Waals surface area contributed by atoms with Crippen LogP contribution in [0.2, 0.25) is 0 Å². The van der Waals surface area contributed by atoms with Gasteiger partial charge in [-0.15, -0.1) is 0 Å². The van der Waals surface area contributed by atoms with Gasteiger partial charge in [0.2, 0.25) is 0 Å². The van der Waals surface area contributed by atoms with Crippen LogP contribution in [0.5, 0.6) is 0 Å². The summed E-state index contributed by atoms with van der Waals surface area (Å²) in [5, 5.41) is 2.79. The molecule has 1 fully saturated rings. The van der Waals surface area contributed by atoms with Gasteiger partial charge in [-0.1, -0.05) is 42.1 Å². The first-order valence-electron chi connectivity index (χ1n) is 9.01. The number of aryl methyl sites for hydroxylation is 1. The zero-order chi connectivity index (χ0) is 19.2. The van der Waals surface area contributed by atoms with Crippen LogP contribution in [0, 0.1) is 6.92 Å². The molecule has 1 heterocycles. The predicted molar refractivity (Wildman–Crippen MR) is 106 cm³/mol. The number of piperazine rings is 1. The molecule has 3 rings (SSSR count). The van der Waals surface area contributed by atoms with E-state index in [0.717, 1.165) is 26.2 Å². The molecule has 2 N–H and O–H groups in total. The summed E-state index contributed by atoms with van der Waals surface area (Å²) in [5.74, 6) is -2.65. The first kappa shape index (κ1) is 19.6.